The van der Waals surface area contributed by atoms with Crippen LogP contribution in [0.3, 0.4) is 0 Å². The van der Waals surface area contributed by atoms with E-state index in [-0.39, 0.29) is 36.4 Å². The van der Waals surface area contributed by atoms with Gasteiger partial charge in [-0.3, -0.25) is 9.59 Å². The van der Waals surface area contributed by atoms with Crippen molar-refractivity contribution in [1.29, 1.82) is 0 Å². The lowest BCUT2D eigenvalue weighted by atomic mass is 10.0. The zero-order valence-corrected chi connectivity index (χ0v) is 21.7. The van der Waals surface area contributed by atoms with Crippen LogP contribution in [0.1, 0.15) is 37.8 Å². The summed E-state index contributed by atoms with van der Waals surface area (Å²) in [6.45, 7) is 6.70. The lowest BCUT2D eigenvalue weighted by molar-refractivity contribution is -0.144. The van der Waals surface area contributed by atoms with Gasteiger partial charge in [-0.2, -0.15) is 0 Å². The molecular formula is C29H38N2O6. The molecule has 0 radical (unpaired) electrons. The van der Waals surface area contributed by atoms with E-state index in [1.807, 2.05) is 67.3 Å². The Labute approximate surface area is 218 Å². The lowest BCUT2D eigenvalue weighted by Gasteiger charge is -2.21. The number of carbonyl (C=O) groups excluding carboxylic acids is 2. The van der Waals surface area contributed by atoms with Gasteiger partial charge in [-0.1, -0.05) is 60.7 Å². The van der Waals surface area contributed by atoms with E-state index < -0.39 is 11.9 Å². The average molecular weight is 511 g/mol. The van der Waals surface area contributed by atoms with Crippen molar-refractivity contribution in [2.45, 2.75) is 57.8 Å². The molecule has 0 unspecified atom stereocenters. The first-order chi connectivity index (χ1) is 17.7. The van der Waals surface area contributed by atoms with Crippen LogP contribution in [0, 0.1) is 11.8 Å². The average Bonchev–Trinajstić information content (AvgIpc) is 3.57. The molecule has 3 aliphatic rings. The maximum atomic E-state index is 12.1. The summed E-state index contributed by atoms with van der Waals surface area (Å²) < 4.78 is 11.5. The molecule has 0 aromatic heterocycles. The summed E-state index contributed by atoms with van der Waals surface area (Å²) in [6.07, 6.45) is 0.139. The molecule has 2 aromatic carbocycles. The van der Waals surface area contributed by atoms with E-state index in [9.17, 15) is 14.7 Å². The fourth-order valence-electron chi connectivity index (χ4n) is 5.12. The summed E-state index contributed by atoms with van der Waals surface area (Å²) in [5, 5.41) is 18.4. The molecule has 0 saturated carbocycles. The molecule has 2 amide bonds. The SMILES string of the molecule is CC1(C)OC[C@H]([C@H]2CC(=O)N(Cc3ccccc3)C2)O1.O=C1C[C@H]([C@H](O)CO)CN1Cc1ccccc1. The minimum Gasteiger partial charge on any atom is -0.394 e. The Kier molecular flexibility index (Phi) is 8.97. The van der Waals surface area contributed by atoms with Crippen molar-refractivity contribution in [3.63, 3.8) is 0 Å². The third-order valence-electron chi connectivity index (χ3n) is 7.21. The highest BCUT2D eigenvalue weighted by Gasteiger charge is 2.42. The molecule has 2 aromatic rings. The second-order valence-electron chi connectivity index (χ2n) is 10.6. The first-order valence-corrected chi connectivity index (χ1v) is 13.0. The molecule has 5 rings (SSSR count). The van der Waals surface area contributed by atoms with Crippen LogP contribution in [0.4, 0.5) is 0 Å². The summed E-state index contributed by atoms with van der Waals surface area (Å²) in [5.41, 5.74) is 2.26. The van der Waals surface area contributed by atoms with Crippen molar-refractivity contribution in [2.75, 3.05) is 26.3 Å². The Morgan fingerprint density at radius 3 is 1.95 bits per heavy atom. The van der Waals surface area contributed by atoms with Crippen LogP contribution in [0.2, 0.25) is 0 Å². The molecule has 8 heteroatoms. The number of aliphatic hydroxyl groups is 2. The van der Waals surface area contributed by atoms with Gasteiger partial charge in [0.25, 0.3) is 0 Å². The number of ether oxygens (including phenoxy) is 2. The van der Waals surface area contributed by atoms with E-state index in [0.717, 1.165) is 12.1 Å². The Balaban J connectivity index is 0.000000176. The van der Waals surface area contributed by atoms with Crippen molar-refractivity contribution >= 4 is 11.8 Å². The number of aliphatic hydroxyl groups excluding tert-OH is 2. The van der Waals surface area contributed by atoms with Crippen molar-refractivity contribution in [3.8, 4) is 0 Å². The van der Waals surface area contributed by atoms with Gasteiger partial charge < -0.3 is 29.5 Å². The van der Waals surface area contributed by atoms with Crippen LogP contribution in [0.15, 0.2) is 60.7 Å². The van der Waals surface area contributed by atoms with Gasteiger partial charge in [0.1, 0.15) is 0 Å². The third-order valence-corrected chi connectivity index (χ3v) is 7.21. The molecule has 0 bridgehead atoms. The summed E-state index contributed by atoms with van der Waals surface area (Å²) >= 11 is 0. The normalized spacial score (nSPS) is 25.8. The molecule has 2 N–H and O–H groups in total. The largest absolute Gasteiger partial charge is 0.394 e. The molecule has 8 nitrogen and oxygen atoms in total. The van der Waals surface area contributed by atoms with E-state index in [1.54, 1.807) is 4.90 Å². The van der Waals surface area contributed by atoms with Gasteiger partial charge in [-0.25, -0.2) is 0 Å². The summed E-state index contributed by atoms with van der Waals surface area (Å²) in [4.78, 5) is 27.5. The number of carbonyl (C=O) groups is 2. The fourth-order valence-corrected chi connectivity index (χ4v) is 5.12. The number of benzene rings is 2. The summed E-state index contributed by atoms with van der Waals surface area (Å²) in [7, 11) is 0. The van der Waals surface area contributed by atoms with Crippen LogP contribution >= 0.6 is 0 Å². The monoisotopic (exact) mass is 510 g/mol. The highest BCUT2D eigenvalue weighted by Crippen LogP contribution is 2.32. The maximum Gasteiger partial charge on any atom is 0.223 e. The molecule has 37 heavy (non-hydrogen) atoms. The number of hydrogen-bond donors (Lipinski definition) is 2. The van der Waals surface area contributed by atoms with Crippen molar-refractivity contribution < 1.29 is 29.3 Å². The minimum absolute atomic E-state index is 0.0368. The van der Waals surface area contributed by atoms with Gasteiger partial charge in [0.05, 0.1) is 25.4 Å². The van der Waals surface area contributed by atoms with Crippen LogP contribution < -0.4 is 0 Å². The highest BCUT2D eigenvalue weighted by molar-refractivity contribution is 5.79. The Hall–Kier alpha value is -2.78. The smallest absolute Gasteiger partial charge is 0.223 e. The zero-order valence-electron chi connectivity index (χ0n) is 21.7. The van der Waals surface area contributed by atoms with Gasteiger partial charge >= 0.3 is 0 Å². The van der Waals surface area contributed by atoms with Crippen molar-refractivity contribution in [3.05, 3.63) is 71.8 Å². The van der Waals surface area contributed by atoms with Gasteiger partial charge in [-0.05, 0) is 25.0 Å². The van der Waals surface area contributed by atoms with Crippen LogP contribution in [0.5, 0.6) is 0 Å². The Morgan fingerprint density at radius 1 is 0.892 bits per heavy atom. The predicted molar refractivity (Wildman–Crippen MR) is 138 cm³/mol. The molecule has 4 atom stereocenters. The Morgan fingerprint density at radius 2 is 1.43 bits per heavy atom. The van der Waals surface area contributed by atoms with Gasteiger partial charge in [-0.15, -0.1) is 0 Å². The zero-order chi connectivity index (χ0) is 26.4. The number of hydrogen-bond acceptors (Lipinski definition) is 6. The van der Waals surface area contributed by atoms with Gasteiger partial charge in [0.2, 0.25) is 11.8 Å². The second-order valence-corrected chi connectivity index (χ2v) is 10.6. The second kappa shape index (κ2) is 12.2. The van der Waals surface area contributed by atoms with Crippen LogP contribution in [-0.4, -0.2) is 76.1 Å². The minimum atomic E-state index is -0.792. The molecule has 3 heterocycles. The van der Waals surface area contributed by atoms with E-state index in [1.165, 1.54) is 5.56 Å². The number of amides is 2. The first kappa shape index (κ1) is 27.3. The topological polar surface area (TPSA) is 99.5 Å². The summed E-state index contributed by atoms with van der Waals surface area (Å²) in [6, 6.07) is 19.9. The number of likely N-dealkylation sites (tertiary alicyclic amines) is 2. The van der Waals surface area contributed by atoms with E-state index in [0.29, 0.717) is 39.1 Å². The third kappa shape index (κ3) is 7.38. The molecule has 0 spiro atoms. The molecule has 3 saturated heterocycles. The molecule has 3 fully saturated rings. The van der Waals surface area contributed by atoms with E-state index in [4.69, 9.17) is 14.6 Å². The molecule has 3 aliphatic heterocycles. The van der Waals surface area contributed by atoms with E-state index in [2.05, 4.69) is 12.1 Å². The number of rotatable bonds is 7. The quantitative estimate of drug-likeness (QED) is 0.594. The lowest BCUT2D eigenvalue weighted by Crippen LogP contribution is -2.29. The van der Waals surface area contributed by atoms with E-state index >= 15 is 0 Å². The first-order valence-electron chi connectivity index (χ1n) is 13.0. The molecule has 200 valence electrons. The van der Waals surface area contributed by atoms with Gasteiger partial charge in [0, 0.05) is 50.9 Å². The highest BCUT2D eigenvalue weighted by atomic mass is 16.7. The molecule has 0 aliphatic carbocycles. The maximum absolute atomic E-state index is 12.1. The van der Waals surface area contributed by atoms with Crippen LogP contribution in [0.25, 0.3) is 0 Å². The fraction of sp³-hybridized carbons (Fsp3) is 0.517. The molecular weight excluding hydrogens is 472 g/mol. The number of nitrogens with zero attached hydrogens (tertiary/aromatic N) is 2. The van der Waals surface area contributed by atoms with Crippen LogP contribution in [-0.2, 0) is 32.2 Å². The van der Waals surface area contributed by atoms with Crippen molar-refractivity contribution in [2.24, 2.45) is 11.8 Å². The van der Waals surface area contributed by atoms with Crippen molar-refractivity contribution in [1.82, 2.24) is 9.80 Å². The standard InChI is InChI=1S/C16H21NO3.C13H17NO3/c1-16(2)19-11-14(20-16)13-8-15(18)17(10-13)9-12-6-4-3-5-7-12;15-9-12(16)11-6-13(17)14(8-11)7-10-4-2-1-3-5-10/h3-7,13-14H,8-11H2,1-2H3;1-5,11-12,15-16H,6-9H2/t13-,14+;11-,12+/m00/s1. The predicted octanol–water partition coefficient (Wildman–Crippen LogP) is 2.57. The Bertz CT molecular complexity index is 1030. The summed E-state index contributed by atoms with van der Waals surface area (Å²) in [5.74, 6) is -0.150. The van der Waals surface area contributed by atoms with Gasteiger partial charge in [0.15, 0.2) is 5.79 Å².